The molecule has 0 aliphatic carbocycles. The molecule has 0 atom stereocenters. The van der Waals surface area contributed by atoms with Crippen molar-refractivity contribution in [3.8, 4) is 0 Å². The molecule has 0 amide bonds. The summed E-state index contributed by atoms with van der Waals surface area (Å²) in [5.41, 5.74) is -0.169. The number of benzene rings is 1. The summed E-state index contributed by atoms with van der Waals surface area (Å²) in [6.45, 7) is 0. The standard InChI is InChI=1S/C9H5F3N/c10-9(11,12)7-2-1-3-8-6(7)4-5-13-8/h1-4,13H. The largest absolute Gasteiger partial charge is 0.417 e. The van der Waals surface area contributed by atoms with Gasteiger partial charge in [0.1, 0.15) is 0 Å². The lowest BCUT2D eigenvalue weighted by molar-refractivity contribution is -0.136. The summed E-state index contributed by atoms with van der Waals surface area (Å²) in [6.07, 6.45) is -1.77. The highest BCUT2D eigenvalue weighted by Gasteiger charge is 2.32. The van der Waals surface area contributed by atoms with E-state index in [2.05, 4.69) is 11.2 Å². The van der Waals surface area contributed by atoms with Gasteiger partial charge in [0.2, 0.25) is 0 Å². The molecule has 0 saturated carbocycles. The minimum atomic E-state index is -4.30. The van der Waals surface area contributed by atoms with Gasteiger partial charge in [0.05, 0.1) is 11.8 Å². The van der Waals surface area contributed by atoms with Crippen LogP contribution in [0, 0.1) is 6.20 Å². The number of fused-ring (bicyclic) bond motifs is 1. The Labute approximate surface area is 72.2 Å². The molecule has 1 nitrogen and oxygen atoms in total. The van der Waals surface area contributed by atoms with E-state index in [9.17, 15) is 13.2 Å². The first-order valence-electron chi connectivity index (χ1n) is 3.64. The van der Waals surface area contributed by atoms with Gasteiger partial charge in [-0.25, -0.2) is 0 Å². The van der Waals surface area contributed by atoms with E-state index in [1.165, 1.54) is 12.1 Å². The van der Waals surface area contributed by atoms with Crippen LogP contribution in [0.2, 0.25) is 0 Å². The molecule has 1 heterocycles. The van der Waals surface area contributed by atoms with Crippen molar-refractivity contribution in [2.24, 2.45) is 0 Å². The quantitative estimate of drug-likeness (QED) is 0.647. The van der Waals surface area contributed by atoms with Crippen molar-refractivity contribution in [3.63, 3.8) is 0 Å². The summed E-state index contributed by atoms with van der Waals surface area (Å²) in [6, 6.07) is 5.32. The van der Waals surface area contributed by atoms with Crippen molar-refractivity contribution in [1.29, 1.82) is 0 Å². The lowest BCUT2D eigenvalue weighted by Crippen LogP contribution is -2.04. The van der Waals surface area contributed by atoms with Crippen LogP contribution in [0.5, 0.6) is 0 Å². The van der Waals surface area contributed by atoms with Gasteiger partial charge in [-0.1, -0.05) is 6.07 Å². The summed E-state index contributed by atoms with van der Waals surface area (Å²) < 4.78 is 37.1. The first-order chi connectivity index (χ1) is 6.09. The third-order valence-electron chi connectivity index (χ3n) is 1.83. The van der Waals surface area contributed by atoms with Crippen LogP contribution in [-0.4, -0.2) is 4.98 Å². The van der Waals surface area contributed by atoms with Crippen molar-refractivity contribution in [2.75, 3.05) is 0 Å². The maximum absolute atomic E-state index is 12.4. The summed E-state index contributed by atoms with van der Waals surface area (Å²) in [7, 11) is 0. The molecule has 1 radical (unpaired) electrons. The number of halogens is 3. The lowest BCUT2D eigenvalue weighted by Gasteiger charge is -2.06. The van der Waals surface area contributed by atoms with Crippen LogP contribution in [0.25, 0.3) is 10.9 Å². The molecule has 13 heavy (non-hydrogen) atoms. The Morgan fingerprint density at radius 2 is 2.00 bits per heavy atom. The fourth-order valence-electron chi connectivity index (χ4n) is 1.26. The molecule has 0 saturated heterocycles. The summed E-state index contributed by atoms with van der Waals surface area (Å²) >= 11 is 0. The van der Waals surface area contributed by atoms with E-state index in [4.69, 9.17) is 0 Å². The predicted octanol–water partition coefficient (Wildman–Crippen LogP) is 2.99. The molecule has 1 N–H and O–H groups in total. The Kier molecular flexibility index (Phi) is 1.58. The highest BCUT2D eigenvalue weighted by atomic mass is 19.4. The van der Waals surface area contributed by atoms with E-state index in [-0.39, 0.29) is 5.39 Å². The Morgan fingerprint density at radius 3 is 2.69 bits per heavy atom. The third kappa shape index (κ3) is 1.28. The van der Waals surface area contributed by atoms with Crippen LogP contribution in [0.1, 0.15) is 5.56 Å². The predicted molar refractivity (Wildman–Crippen MR) is 42.1 cm³/mol. The minimum absolute atomic E-state index is 0.162. The zero-order valence-corrected chi connectivity index (χ0v) is 6.44. The molecule has 4 heteroatoms. The summed E-state index contributed by atoms with van der Waals surface area (Å²) in [5, 5.41) is 0.162. The molecule has 2 aromatic rings. The Bertz CT molecular complexity index is 428. The average molecular weight is 184 g/mol. The van der Waals surface area contributed by atoms with E-state index < -0.39 is 11.7 Å². The number of aromatic amines is 1. The summed E-state index contributed by atoms with van der Waals surface area (Å²) in [4.78, 5) is 2.61. The van der Waals surface area contributed by atoms with Gasteiger partial charge in [-0.2, -0.15) is 13.2 Å². The van der Waals surface area contributed by atoms with Crippen molar-refractivity contribution in [1.82, 2.24) is 4.98 Å². The van der Waals surface area contributed by atoms with Crippen molar-refractivity contribution >= 4 is 10.9 Å². The third-order valence-corrected chi connectivity index (χ3v) is 1.83. The smallest absolute Gasteiger partial charge is 0.353 e. The maximum atomic E-state index is 12.4. The Morgan fingerprint density at radius 1 is 1.23 bits per heavy atom. The molecule has 0 fully saturated rings. The number of hydrogen-bond donors (Lipinski definition) is 1. The molecule has 0 spiro atoms. The molecular weight excluding hydrogens is 179 g/mol. The number of aromatic nitrogens is 1. The van der Waals surface area contributed by atoms with E-state index in [0.717, 1.165) is 6.07 Å². The monoisotopic (exact) mass is 184 g/mol. The molecule has 1 aromatic heterocycles. The van der Waals surface area contributed by atoms with E-state index >= 15 is 0 Å². The maximum Gasteiger partial charge on any atom is 0.417 e. The van der Waals surface area contributed by atoms with Gasteiger partial charge < -0.3 is 4.98 Å². The molecule has 0 aliphatic heterocycles. The van der Waals surface area contributed by atoms with Gasteiger partial charge in [0, 0.05) is 10.9 Å². The second-order valence-corrected chi connectivity index (χ2v) is 2.68. The van der Waals surface area contributed by atoms with Crippen LogP contribution in [0.4, 0.5) is 13.2 Å². The van der Waals surface area contributed by atoms with Gasteiger partial charge >= 0.3 is 6.18 Å². The van der Waals surface area contributed by atoms with Crippen LogP contribution >= 0.6 is 0 Å². The fourth-order valence-corrected chi connectivity index (χ4v) is 1.26. The first-order valence-corrected chi connectivity index (χ1v) is 3.64. The molecule has 0 aliphatic rings. The molecule has 0 bridgehead atoms. The zero-order chi connectivity index (χ0) is 9.47. The number of hydrogen-bond acceptors (Lipinski definition) is 0. The average Bonchev–Trinajstić information content (AvgIpc) is 2.48. The number of alkyl halides is 3. The van der Waals surface area contributed by atoms with Crippen molar-refractivity contribution < 1.29 is 13.2 Å². The lowest BCUT2D eigenvalue weighted by atomic mass is 10.1. The second kappa shape index (κ2) is 2.52. The van der Waals surface area contributed by atoms with E-state index in [0.29, 0.717) is 5.52 Å². The Balaban J connectivity index is 2.75. The van der Waals surface area contributed by atoms with E-state index in [1.807, 2.05) is 0 Å². The number of nitrogens with one attached hydrogen (secondary N) is 1. The van der Waals surface area contributed by atoms with E-state index in [1.54, 1.807) is 6.07 Å². The Hall–Kier alpha value is -1.45. The first kappa shape index (κ1) is 8.16. The topological polar surface area (TPSA) is 15.8 Å². The highest BCUT2D eigenvalue weighted by molar-refractivity contribution is 5.83. The van der Waals surface area contributed by atoms with Gasteiger partial charge in [0.25, 0.3) is 0 Å². The fraction of sp³-hybridized carbons (Fsp3) is 0.111. The van der Waals surface area contributed by atoms with Gasteiger partial charge in [-0.3, -0.25) is 0 Å². The van der Waals surface area contributed by atoms with Gasteiger partial charge in [0.15, 0.2) is 0 Å². The van der Waals surface area contributed by atoms with Crippen molar-refractivity contribution in [2.45, 2.75) is 6.18 Å². The number of H-pyrrole nitrogens is 1. The van der Waals surface area contributed by atoms with Crippen LogP contribution < -0.4 is 0 Å². The molecule has 2 rings (SSSR count). The highest BCUT2D eigenvalue weighted by Crippen LogP contribution is 2.33. The van der Waals surface area contributed by atoms with Crippen molar-refractivity contribution in [3.05, 3.63) is 36.0 Å². The number of rotatable bonds is 0. The minimum Gasteiger partial charge on any atom is -0.353 e. The zero-order valence-electron chi connectivity index (χ0n) is 6.44. The molecule has 1 aromatic carbocycles. The van der Waals surface area contributed by atoms with Crippen LogP contribution in [0.15, 0.2) is 24.3 Å². The SMILES string of the molecule is FC(F)(F)c1cccc2[nH][c]cc12. The molecule has 67 valence electrons. The van der Waals surface area contributed by atoms with Gasteiger partial charge in [-0.05, 0) is 18.2 Å². The molecule has 0 unspecified atom stereocenters. The molecular formula is C9H5F3N. The normalized spacial score (nSPS) is 12.2. The van der Waals surface area contributed by atoms with Crippen LogP contribution in [-0.2, 0) is 6.18 Å². The second-order valence-electron chi connectivity index (χ2n) is 2.68. The van der Waals surface area contributed by atoms with Crippen LogP contribution in [0.3, 0.4) is 0 Å². The van der Waals surface area contributed by atoms with Gasteiger partial charge in [-0.15, -0.1) is 0 Å². The summed E-state index contributed by atoms with van der Waals surface area (Å²) in [5.74, 6) is 0.